The lowest BCUT2D eigenvalue weighted by molar-refractivity contribution is -0.121. The summed E-state index contributed by atoms with van der Waals surface area (Å²) in [6.45, 7) is 1.63. The van der Waals surface area contributed by atoms with Crippen LogP contribution >= 0.6 is 11.8 Å². The van der Waals surface area contributed by atoms with E-state index in [0.717, 1.165) is 21.7 Å². The van der Waals surface area contributed by atoms with Crippen molar-refractivity contribution in [3.8, 4) is 11.3 Å². The molecule has 0 aliphatic carbocycles. The van der Waals surface area contributed by atoms with Crippen molar-refractivity contribution in [2.75, 3.05) is 4.90 Å². The largest absolute Gasteiger partial charge is 0.446 e. The molecule has 1 aromatic heterocycles. The van der Waals surface area contributed by atoms with Gasteiger partial charge in [-0.15, -0.1) is 0 Å². The minimum Gasteiger partial charge on any atom is -0.323 e. The molecule has 1 fully saturated rings. The number of carbonyl (C=O) groups excluding carboxylic acids is 2. The Morgan fingerprint density at radius 2 is 1.72 bits per heavy atom. The second kappa shape index (κ2) is 8.31. The van der Waals surface area contributed by atoms with Gasteiger partial charge in [0.15, 0.2) is 0 Å². The summed E-state index contributed by atoms with van der Waals surface area (Å²) in [7, 11) is 0. The molecule has 164 valence electrons. The van der Waals surface area contributed by atoms with Gasteiger partial charge in [0.25, 0.3) is 5.91 Å². The van der Waals surface area contributed by atoms with E-state index in [1.165, 1.54) is 24.3 Å². The molecule has 3 aromatic rings. The molecule has 0 bridgehead atoms. The Kier molecular flexibility index (Phi) is 5.68. The maximum absolute atomic E-state index is 13.2. The van der Waals surface area contributed by atoms with E-state index in [1.807, 2.05) is 36.4 Å². The average molecular weight is 457 g/mol. The third-order valence-electron chi connectivity index (χ3n) is 5.04. The topological polar surface area (TPSA) is 62.3 Å². The van der Waals surface area contributed by atoms with Crippen LogP contribution in [0.1, 0.15) is 12.5 Å². The number of halogens is 3. The summed E-state index contributed by atoms with van der Waals surface area (Å²) in [5, 5.41) is 2.72. The van der Waals surface area contributed by atoms with E-state index >= 15 is 0 Å². The predicted molar refractivity (Wildman–Crippen MR) is 116 cm³/mol. The van der Waals surface area contributed by atoms with E-state index in [0.29, 0.717) is 0 Å². The highest BCUT2D eigenvalue weighted by molar-refractivity contribution is 8.00. The van der Waals surface area contributed by atoms with Crippen LogP contribution in [0, 0.1) is 0 Å². The van der Waals surface area contributed by atoms with Crippen molar-refractivity contribution >= 4 is 29.4 Å². The molecule has 2 aromatic carbocycles. The first kappa shape index (κ1) is 21.9. The number of hydrogen-bond acceptors (Lipinski definition) is 4. The van der Waals surface area contributed by atoms with Gasteiger partial charge in [-0.2, -0.15) is 13.2 Å². The molecule has 1 unspecified atom stereocenters. The number of anilines is 1. The molecular formula is C23H18F3N3O2S. The van der Waals surface area contributed by atoms with Gasteiger partial charge in [0.1, 0.15) is 5.54 Å². The zero-order valence-electron chi connectivity index (χ0n) is 16.9. The van der Waals surface area contributed by atoms with Crippen molar-refractivity contribution < 1.29 is 22.8 Å². The quantitative estimate of drug-likeness (QED) is 0.411. The second-order valence-corrected chi connectivity index (χ2v) is 8.68. The molecular weight excluding hydrogens is 439 g/mol. The highest BCUT2D eigenvalue weighted by atomic mass is 32.2. The molecule has 1 N–H and O–H groups in total. The molecule has 1 aliphatic rings. The number of thioether (sulfide) groups is 1. The minimum absolute atomic E-state index is 0.0266. The van der Waals surface area contributed by atoms with Gasteiger partial charge in [-0.25, -0.2) is 9.69 Å². The number of pyridine rings is 1. The summed E-state index contributed by atoms with van der Waals surface area (Å²) in [6.07, 6.45) is 1.88. The standard InChI is InChI=1S/C23H18F3N3O2S/c1-22(14-15-11-12-27-19(13-15)16-5-3-2-4-6-16)20(30)29(21(31)28-22)17-7-9-18(10-8-17)32-23(24,25)26/h2-13H,14H2,1H3,(H,28,31). The third-order valence-corrected chi connectivity index (χ3v) is 5.78. The van der Waals surface area contributed by atoms with Gasteiger partial charge in [0.2, 0.25) is 0 Å². The van der Waals surface area contributed by atoms with Crippen molar-refractivity contribution in [2.45, 2.75) is 29.3 Å². The number of carbonyl (C=O) groups is 2. The molecule has 9 heteroatoms. The Labute approximate surface area is 186 Å². The fraction of sp³-hybridized carbons (Fsp3) is 0.174. The van der Waals surface area contributed by atoms with Crippen LogP contribution < -0.4 is 10.2 Å². The number of alkyl halides is 3. The molecule has 0 spiro atoms. The predicted octanol–water partition coefficient (Wildman–Crippen LogP) is 5.42. The lowest BCUT2D eigenvalue weighted by Crippen LogP contribution is -2.46. The molecule has 3 amide bonds. The Hall–Kier alpha value is -3.33. The number of imide groups is 1. The Morgan fingerprint density at radius 3 is 2.38 bits per heavy atom. The van der Waals surface area contributed by atoms with Gasteiger partial charge in [-0.3, -0.25) is 9.78 Å². The molecule has 1 aliphatic heterocycles. The van der Waals surface area contributed by atoms with Gasteiger partial charge in [-0.1, -0.05) is 30.3 Å². The fourth-order valence-corrected chi connectivity index (χ4v) is 4.13. The van der Waals surface area contributed by atoms with Crippen LogP contribution in [0.5, 0.6) is 0 Å². The SMILES string of the molecule is CC1(Cc2ccnc(-c3ccccc3)c2)NC(=O)N(c2ccc(SC(F)(F)F)cc2)C1=O. The Bertz CT molecular complexity index is 1150. The van der Waals surface area contributed by atoms with E-state index in [9.17, 15) is 22.8 Å². The fourth-order valence-electron chi connectivity index (χ4n) is 3.59. The third kappa shape index (κ3) is 4.62. The van der Waals surface area contributed by atoms with Crippen LogP contribution in [0.15, 0.2) is 77.8 Å². The summed E-state index contributed by atoms with van der Waals surface area (Å²) in [6, 6.07) is 17.7. The smallest absolute Gasteiger partial charge is 0.323 e. The van der Waals surface area contributed by atoms with Crippen molar-refractivity contribution in [1.29, 1.82) is 0 Å². The zero-order chi connectivity index (χ0) is 22.9. The Morgan fingerprint density at radius 1 is 1.03 bits per heavy atom. The molecule has 32 heavy (non-hydrogen) atoms. The number of hydrogen-bond donors (Lipinski definition) is 1. The number of nitrogens with one attached hydrogen (secondary N) is 1. The molecule has 1 saturated heterocycles. The van der Waals surface area contributed by atoms with E-state index in [-0.39, 0.29) is 28.8 Å². The number of urea groups is 1. The van der Waals surface area contributed by atoms with E-state index < -0.39 is 23.0 Å². The average Bonchev–Trinajstić information content (AvgIpc) is 2.96. The summed E-state index contributed by atoms with van der Waals surface area (Å²) in [4.78, 5) is 31.0. The van der Waals surface area contributed by atoms with Gasteiger partial charge in [0, 0.05) is 23.1 Å². The van der Waals surface area contributed by atoms with E-state index in [1.54, 1.807) is 19.2 Å². The van der Waals surface area contributed by atoms with Gasteiger partial charge in [-0.05, 0) is 60.6 Å². The van der Waals surface area contributed by atoms with Crippen molar-refractivity contribution in [2.24, 2.45) is 0 Å². The zero-order valence-corrected chi connectivity index (χ0v) is 17.7. The normalized spacial score (nSPS) is 18.7. The van der Waals surface area contributed by atoms with Crippen LogP contribution in [0.3, 0.4) is 0 Å². The summed E-state index contributed by atoms with van der Waals surface area (Å²) in [5.41, 5.74) is -2.91. The first-order valence-electron chi connectivity index (χ1n) is 9.67. The Balaban J connectivity index is 1.54. The van der Waals surface area contributed by atoms with Gasteiger partial charge >= 0.3 is 11.5 Å². The summed E-state index contributed by atoms with van der Waals surface area (Å²) < 4.78 is 37.6. The first-order chi connectivity index (χ1) is 15.1. The van der Waals surface area contributed by atoms with Crippen LogP contribution in [0.4, 0.5) is 23.7 Å². The molecule has 0 radical (unpaired) electrons. The summed E-state index contributed by atoms with van der Waals surface area (Å²) >= 11 is -0.255. The van der Waals surface area contributed by atoms with Crippen LogP contribution in [-0.4, -0.2) is 28.0 Å². The number of aromatic nitrogens is 1. The second-order valence-electron chi connectivity index (χ2n) is 7.54. The molecule has 5 nitrogen and oxygen atoms in total. The molecule has 1 atom stereocenters. The first-order valence-corrected chi connectivity index (χ1v) is 10.5. The van der Waals surface area contributed by atoms with Crippen molar-refractivity contribution in [1.82, 2.24) is 10.3 Å². The molecule has 0 saturated carbocycles. The highest BCUT2D eigenvalue weighted by Gasteiger charge is 2.48. The summed E-state index contributed by atoms with van der Waals surface area (Å²) in [5.74, 6) is -0.475. The highest BCUT2D eigenvalue weighted by Crippen LogP contribution is 2.38. The monoisotopic (exact) mass is 457 g/mol. The van der Waals surface area contributed by atoms with Gasteiger partial charge in [0.05, 0.1) is 11.4 Å². The van der Waals surface area contributed by atoms with Crippen molar-refractivity contribution in [3.63, 3.8) is 0 Å². The minimum atomic E-state index is -4.41. The molecule has 2 heterocycles. The number of benzene rings is 2. The molecule has 4 rings (SSSR count). The van der Waals surface area contributed by atoms with Crippen LogP contribution in [0.2, 0.25) is 0 Å². The maximum atomic E-state index is 13.2. The van der Waals surface area contributed by atoms with E-state index in [2.05, 4.69) is 10.3 Å². The number of nitrogens with zero attached hydrogens (tertiary/aromatic N) is 2. The van der Waals surface area contributed by atoms with Crippen LogP contribution in [0.25, 0.3) is 11.3 Å². The van der Waals surface area contributed by atoms with Crippen molar-refractivity contribution in [3.05, 3.63) is 78.5 Å². The number of amides is 3. The van der Waals surface area contributed by atoms with Gasteiger partial charge < -0.3 is 5.32 Å². The van der Waals surface area contributed by atoms with E-state index in [4.69, 9.17) is 0 Å². The maximum Gasteiger partial charge on any atom is 0.446 e. The lowest BCUT2D eigenvalue weighted by atomic mass is 9.92. The van der Waals surface area contributed by atoms with Crippen LogP contribution in [-0.2, 0) is 11.2 Å². The number of rotatable bonds is 5. The lowest BCUT2D eigenvalue weighted by Gasteiger charge is -2.22.